The summed E-state index contributed by atoms with van der Waals surface area (Å²) in [5.74, 6) is -0.0632. The summed E-state index contributed by atoms with van der Waals surface area (Å²) in [5.41, 5.74) is -0.537. The number of phenolic OH excluding ortho intramolecular Hbond substituents is 1. The number of benzene rings is 1. The molecule has 5 heteroatoms. The zero-order valence-electron chi connectivity index (χ0n) is 8.98. The maximum Gasteiger partial charge on any atom is 0.241 e. The van der Waals surface area contributed by atoms with Crippen molar-refractivity contribution in [3.05, 3.63) is 24.3 Å². The van der Waals surface area contributed by atoms with Crippen molar-refractivity contribution in [1.82, 2.24) is 4.72 Å². The van der Waals surface area contributed by atoms with E-state index >= 15 is 0 Å². The molecular formula is C10H15NO3S. The fraction of sp³-hybridized carbons (Fsp3) is 0.400. The third kappa shape index (κ3) is 3.53. The molecule has 0 radical (unpaired) electrons. The van der Waals surface area contributed by atoms with Crippen LogP contribution in [0.5, 0.6) is 5.75 Å². The second-order valence-corrected chi connectivity index (χ2v) is 6.04. The topological polar surface area (TPSA) is 66.4 Å². The first kappa shape index (κ1) is 12.0. The fourth-order valence-corrected chi connectivity index (χ4v) is 2.57. The third-order valence-corrected chi connectivity index (χ3v) is 3.32. The Bertz CT molecular complexity index is 446. The standard InChI is InChI=1S/C10H15NO3S/c1-10(2,3)11-15(13,14)9-6-4-5-8(12)7-9/h4-7,11-12H,1-3H3. The molecule has 0 unspecified atom stereocenters. The first-order valence-corrected chi connectivity index (χ1v) is 6.02. The number of sulfonamides is 1. The summed E-state index contributed by atoms with van der Waals surface area (Å²) in [7, 11) is -3.55. The van der Waals surface area contributed by atoms with Gasteiger partial charge in [0.1, 0.15) is 5.75 Å². The number of phenols is 1. The first-order valence-electron chi connectivity index (χ1n) is 4.54. The van der Waals surface area contributed by atoms with E-state index in [0.29, 0.717) is 0 Å². The highest BCUT2D eigenvalue weighted by molar-refractivity contribution is 7.89. The Morgan fingerprint density at radius 1 is 1.27 bits per heavy atom. The van der Waals surface area contributed by atoms with E-state index in [4.69, 9.17) is 0 Å². The van der Waals surface area contributed by atoms with Gasteiger partial charge < -0.3 is 5.11 Å². The summed E-state index contributed by atoms with van der Waals surface area (Å²) in [6.07, 6.45) is 0. The molecule has 4 nitrogen and oxygen atoms in total. The molecule has 0 heterocycles. The van der Waals surface area contributed by atoms with Gasteiger partial charge in [0.25, 0.3) is 0 Å². The zero-order chi connectivity index (χ0) is 11.7. The van der Waals surface area contributed by atoms with Gasteiger partial charge in [-0.05, 0) is 39.0 Å². The minimum absolute atomic E-state index is 0.0632. The van der Waals surface area contributed by atoms with Gasteiger partial charge >= 0.3 is 0 Å². The highest BCUT2D eigenvalue weighted by Gasteiger charge is 2.21. The van der Waals surface area contributed by atoms with Crippen LogP contribution in [-0.2, 0) is 10.0 Å². The Labute approximate surface area is 90.0 Å². The van der Waals surface area contributed by atoms with Crippen LogP contribution in [-0.4, -0.2) is 19.1 Å². The summed E-state index contributed by atoms with van der Waals surface area (Å²) in [4.78, 5) is 0.0671. The molecule has 0 aliphatic carbocycles. The van der Waals surface area contributed by atoms with E-state index in [9.17, 15) is 13.5 Å². The third-order valence-electron chi connectivity index (χ3n) is 1.57. The fourth-order valence-electron chi connectivity index (χ4n) is 1.11. The Morgan fingerprint density at radius 2 is 1.87 bits per heavy atom. The van der Waals surface area contributed by atoms with Crippen molar-refractivity contribution >= 4 is 10.0 Å². The van der Waals surface area contributed by atoms with E-state index in [2.05, 4.69) is 4.72 Å². The maximum atomic E-state index is 11.8. The largest absolute Gasteiger partial charge is 0.508 e. The number of hydrogen-bond acceptors (Lipinski definition) is 3. The molecule has 0 spiro atoms. The van der Waals surface area contributed by atoms with Crippen LogP contribution in [0, 0.1) is 0 Å². The zero-order valence-corrected chi connectivity index (χ0v) is 9.80. The molecule has 0 saturated carbocycles. The molecule has 15 heavy (non-hydrogen) atoms. The van der Waals surface area contributed by atoms with Crippen LogP contribution in [0.15, 0.2) is 29.2 Å². The lowest BCUT2D eigenvalue weighted by atomic mass is 10.1. The Kier molecular flexibility index (Phi) is 3.06. The van der Waals surface area contributed by atoms with Crippen molar-refractivity contribution in [2.75, 3.05) is 0 Å². The molecule has 2 N–H and O–H groups in total. The lowest BCUT2D eigenvalue weighted by molar-refractivity contribution is 0.470. The van der Waals surface area contributed by atoms with E-state index < -0.39 is 15.6 Å². The molecule has 0 atom stereocenters. The van der Waals surface area contributed by atoms with Crippen molar-refractivity contribution in [3.63, 3.8) is 0 Å². The molecule has 0 amide bonds. The summed E-state index contributed by atoms with van der Waals surface area (Å²) in [6, 6.07) is 5.57. The van der Waals surface area contributed by atoms with Crippen molar-refractivity contribution < 1.29 is 13.5 Å². The second kappa shape index (κ2) is 3.83. The van der Waals surface area contributed by atoms with Gasteiger partial charge in [-0.2, -0.15) is 0 Å². The first-order chi connectivity index (χ1) is 6.71. The molecule has 1 rings (SSSR count). The Morgan fingerprint density at radius 3 is 2.33 bits per heavy atom. The van der Waals surface area contributed by atoms with Crippen LogP contribution in [0.2, 0.25) is 0 Å². The predicted molar refractivity (Wildman–Crippen MR) is 58.2 cm³/mol. The molecule has 1 aromatic rings. The van der Waals surface area contributed by atoms with Gasteiger partial charge in [-0.25, -0.2) is 13.1 Å². The summed E-state index contributed by atoms with van der Waals surface area (Å²) in [6.45, 7) is 5.27. The Hall–Kier alpha value is -1.07. The lowest BCUT2D eigenvalue weighted by Crippen LogP contribution is -2.40. The average molecular weight is 229 g/mol. The normalized spacial score (nSPS) is 12.7. The summed E-state index contributed by atoms with van der Waals surface area (Å²) >= 11 is 0. The van der Waals surface area contributed by atoms with Crippen molar-refractivity contribution in [2.45, 2.75) is 31.2 Å². The van der Waals surface area contributed by atoms with Crippen LogP contribution in [0.1, 0.15) is 20.8 Å². The molecule has 0 aliphatic rings. The van der Waals surface area contributed by atoms with E-state index in [1.54, 1.807) is 20.8 Å². The monoisotopic (exact) mass is 229 g/mol. The number of aromatic hydroxyl groups is 1. The SMILES string of the molecule is CC(C)(C)NS(=O)(=O)c1cccc(O)c1. The van der Waals surface area contributed by atoms with Gasteiger partial charge in [0.05, 0.1) is 4.90 Å². The molecule has 84 valence electrons. The minimum atomic E-state index is -3.55. The van der Waals surface area contributed by atoms with E-state index in [-0.39, 0.29) is 10.6 Å². The van der Waals surface area contributed by atoms with Crippen LogP contribution in [0.25, 0.3) is 0 Å². The molecule has 0 aliphatic heterocycles. The van der Waals surface area contributed by atoms with Gasteiger partial charge in [0, 0.05) is 5.54 Å². The molecule has 0 fully saturated rings. The van der Waals surface area contributed by atoms with Gasteiger partial charge in [-0.1, -0.05) is 6.07 Å². The van der Waals surface area contributed by atoms with Crippen molar-refractivity contribution in [2.24, 2.45) is 0 Å². The van der Waals surface area contributed by atoms with Crippen LogP contribution < -0.4 is 4.72 Å². The van der Waals surface area contributed by atoms with Crippen LogP contribution >= 0.6 is 0 Å². The smallest absolute Gasteiger partial charge is 0.241 e. The quantitative estimate of drug-likeness (QED) is 0.807. The Balaban J connectivity index is 3.07. The second-order valence-electron chi connectivity index (χ2n) is 4.35. The van der Waals surface area contributed by atoms with Gasteiger partial charge in [0.2, 0.25) is 10.0 Å². The van der Waals surface area contributed by atoms with Gasteiger partial charge in [-0.3, -0.25) is 0 Å². The molecule has 0 saturated heterocycles. The van der Waals surface area contributed by atoms with E-state index in [1.165, 1.54) is 24.3 Å². The molecule has 0 bridgehead atoms. The minimum Gasteiger partial charge on any atom is -0.508 e. The van der Waals surface area contributed by atoms with Gasteiger partial charge in [0.15, 0.2) is 0 Å². The maximum absolute atomic E-state index is 11.8. The highest BCUT2D eigenvalue weighted by Crippen LogP contribution is 2.17. The van der Waals surface area contributed by atoms with E-state index in [1.807, 2.05) is 0 Å². The summed E-state index contributed by atoms with van der Waals surface area (Å²) in [5, 5.41) is 9.18. The lowest BCUT2D eigenvalue weighted by Gasteiger charge is -2.20. The van der Waals surface area contributed by atoms with Crippen LogP contribution in [0.4, 0.5) is 0 Å². The number of nitrogens with one attached hydrogen (secondary N) is 1. The molecular weight excluding hydrogens is 214 g/mol. The molecule has 1 aromatic carbocycles. The summed E-state index contributed by atoms with van der Waals surface area (Å²) < 4.78 is 26.1. The van der Waals surface area contributed by atoms with Gasteiger partial charge in [-0.15, -0.1) is 0 Å². The highest BCUT2D eigenvalue weighted by atomic mass is 32.2. The van der Waals surface area contributed by atoms with E-state index in [0.717, 1.165) is 0 Å². The van der Waals surface area contributed by atoms with Crippen molar-refractivity contribution in [1.29, 1.82) is 0 Å². The van der Waals surface area contributed by atoms with Crippen molar-refractivity contribution in [3.8, 4) is 5.75 Å². The van der Waals surface area contributed by atoms with Crippen LogP contribution in [0.3, 0.4) is 0 Å². The predicted octanol–water partition coefficient (Wildman–Crippen LogP) is 1.47. The molecule has 0 aromatic heterocycles. The number of hydrogen-bond donors (Lipinski definition) is 2. The number of rotatable bonds is 2. The average Bonchev–Trinajstić information content (AvgIpc) is 1.99.